The molecule has 0 unspecified atom stereocenters. The van der Waals surface area contributed by atoms with E-state index in [1.54, 1.807) is 14.0 Å². The summed E-state index contributed by atoms with van der Waals surface area (Å²) in [6.45, 7) is 8.95. The minimum absolute atomic E-state index is 0.270. The van der Waals surface area contributed by atoms with Gasteiger partial charge < -0.3 is 9.47 Å². The van der Waals surface area contributed by atoms with Crippen LogP contribution in [-0.2, 0) is 14.3 Å². The van der Waals surface area contributed by atoms with Crippen LogP contribution < -0.4 is 0 Å². The van der Waals surface area contributed by atoms with E-state index in [1.165, 1.54) is 6.08 Å². The van der Waals surface area contributed by atoms with Crippen LogP contribution in [0.5, 0.6) is 0 Å². The Kier molecular flexibility index (Phi) is 10.7. The second-order valence-corrected chi connectivity index (χ2v) is 4.11. The summed E-state index contributed by atoms with van der Waals surface area (Å²) in [4.78, 5) is 13.5. The summed E-state index contributed by atoms with van der Waals surface area (Å²) in [7, 11) is 1.71. The molecule has 0 saturated heterocycles. The maximum atomic E-state index is 11.2. The smallest absolute Gasteiger partial charge is 0.330 e. The lowest BCUT2D eigenvalue weighted by molar-refractivity contribution is -0.137. The summed E-state index contributed by atoms with van der Waals surface area (Å²) in [5.74, 6) is -0.270. The summed E-state index contributed by atoms with van der Waals surface area (Å²) in [6, 6.07) is 0.534. The maximum Gasteiger partial charge on any atom is 0.330 e. The normalized spacial score (nSPS) is 11.7. The minimum Gasteiger partial charge on any atom is -0.463 e. The highest BCUT2D eigenvalue weighted by atomic mass is 16.5. The topological polar surface area (TPSA) is 38.8 Å². The van der Waals surface area contributed by atoms with Crippen LogP contribution in [0.1, 0.15) is 33.6 Å². The number of rotatable bonds is 10. The zero-order valence-corrected chi connectivity index (χ0v) is 12.1. The van der Waals surface area contributed by atoms with Crippen LogP contribution in [0.4, 0.5) is 0 Å². The van der Waals surface area contributed by atoms with Crippen molar-refractivity contribution >= 4 is 5.97 Å². The van der Waals surface area contributed by atoms with Crippen molar-refractivity contribution < 1.29 is 14.3 Å². The number of nitrogens with zero attached hydrogens (tertiary/aromatic N) is 1. The average molecular weight is 257 g/mol. The van der Waals surface area contributed by atoms with Crippen molar-refractivity contribution in [1.82, 2.24) is 4.90 Å². The van der Waals surface area contributed by atoms with E-state index in [9.17, 15) is 4.79 Å². The quantitative estimate of drug-likeness (QED) is 0.444. The fourth-order valence-corrected chi connectivity index (χ4v) is 1.91. The van der Waals surface area contributed by atoms with E-state index in [4.69, 9.17) is 9.47 Å². The molecule has 4 heteroatoms. The van der Waals surface area contributed by atoms with Gasteiger partial charge in [0.15, 0.2) is 0 Å². The maximum absolute atomic E-state index is 11.2. The second kappa shape index (κ2) is 11.2. The number of hydrogen-bond donors (Lipinski definition) is 0. The van der Waals surface area contributed by atoms with E-state index in [2.05, 4.69) is 18.7 Å². The molecule has 0 radical (unpaired) electrons. The van der Waals surface area contributed by atoms with Crippen LogP contribution in [0.3, 0.4) is 0 Å². The molecule has 0 aromatic heterocycles. The van der Waals surface area contributed by atoms with Gasteiger partial charge in [-0.15, -0.1) is 0 Å². The Morgan fingerprint density at radius 2 is 1.94 bits per heavy atom. The first kappa shape index (κ1) is 17.1. The molecular formula is C14H27NO3. The van der Waals surface area contributed by atoms with Crippen molar-refractivity contribution in [1.29, 1.82) is 0 Å². The molecule has 0 amide bonds. The van der Waals surface area contributed by atoms with E-state index >= 15 is 0 Å². The number of esters is 1. The fraction of sp³-hybridized carbons (Fsp3) is 0.786. The lowest BCUT2D eigenvalue weighted by Gasteiger charge is -2.29. The molecule has 0 N–H and O–H groups in total. The molecule has 0 aliphatic carbocycles. The van der Waals surface area contributed by atoms with Gasteiger partial charge >= 0.3 is 5.97 Å². The fourth-order valence-electron chi connectivity index (χ4n) is 1.91. The molecule has 0 fully saturated rings. The number of hydrogen-bond acceptors (Lipinski definition) is 4. The highest BCUT2D eigenvalue weighted by Gasteiger charge is 2.13. The Bertz CT molecular complexity index is 237. The van der Waals surface area contributed by atoms with Crippen molar-refractivity contribution in [3.63, 3.8) is 0 Å². The minimum atomic E-state index is -0.270. The monoisotopic (exact) mass is 257 g/mol. The van der Waals surface area contributed by atoms with Gasteiger partial charge in [-0.05, 0) is 19.8 Å². The van der Waals surface area contributed by atoms with E-state index in [0.717, 1.165) is 25.9 Å². The van der Waals surface area contributed by atoms with Crippen LogP contribution >= 0.6 is 0 Å². The number of carbonyl (C=O) groups is 1. The van der Waals surface area contributed by atoms with Crippen molar-refractivity contribution in [3.8, 4) is 0 Å². The molecule has 0 rings (SSSR count). The Labute approximate surface area is 111 Å². The highest BCUT2D eigenvalue weighted by molar-refractivity contribution is 5.81. The van der Waals surface area contributed by atoms with Crippen LogP contribution in [0.15, 0.2) is 12.2 Å². The van der Waals surface area contributed by atoms with E-state index < -0.39 is 0 Å². The first-order chi connectivity index (χ1) is 8.69. The van der Waals surface area contributed by atoms with Gasteiger partial charge in [-0.1, -0.05) is 19.9 Å². The van der Waals surface area contributed by atoms with Gasteiger partial charge in [-0.25, -0.2) is 4.79 Å². The number of methoxy groups -OCH3 is 1. The predicted octanol–water partition coefficient (Wildman–Crippen LogP) is 2.24. The third-order valence-corrected chi connectivity index (χ3v) is 2.92. The van der Waals surface area contributed by atoms with Gasteiger partial charge in [0, 0.05) is 32.3 Å². The van der Waals surface area contributed by atoms with Crippen molar-refractivity contribution in [2.45, 2.75) is 39.7 Å². The molecule has 0 spiro atoms. The zero-order chi connectivity index (χ0) is 13.8. The lowest BCUT2D eigenvalue weighted by atomic mass is 10.1. The lowest BCUT2D eigenvalue weighted by Crippen LogP contribution is -2.37. The van der Waals surface area contributed by atoms with Gasteiger partial charge in [-0.3, -0.25) is 4.90 Å². The summed E-state index contributed by atoms with van der Waals surface area (Å²) in [5, 5.41) is 0. The summed E-state index contributed by atoms with van der Waals surface area (Å²) < 4.78 is 9.97. The first-order valence-corrected chi connectivity index (χ1v) is 6.75. The summed E-state index contributed by atoms with van der Waals surface area (Å²) in [5.41, 5.74) is 0. The third-order valence-electron chi connectivity index (χ3n) is 2.92. The molecule has 0 saturated carbocycles. The molecule has 0 atom stereocenters. The Hall–Kier alpha value is -0.870. The predicted molar refractivity (Wildman–Crippen MR) is 73.6 cm³/mol. The van der Waals surface area contributed by atoms with Gasteiger partial charge in [0.25, 0.3) is 0 Å². The first-order valence-electron chi connectivity index (χ1n) is 6.75. The van der Waals surface area contributed by atoms with Crippen LogP contribution in [0.2, 0.25) is 0 Å². The molecule has 18 heavy (non-hydrogen) atoms. The Morgan fingerprint density at radius 1 is 1.28 bits per heavy atom. The Balaban J connectivity index is 4.26. The van der Waals surface area contributed by atoms with Crippen LogP contribution in [0.25, 0.3) is 0 Å². The van der Waals surface area contributed by atoms with Crippen LogP contribution in [-0.4, -0.2) is 50.3 Å². The SMILES string of the molecule is CCOC(=O)/C=C/CN(CCOC)C(CC)CC. The number of ether oxygens (including phenoxy) is 2. The largest absolute Gasteiger partial charge is 0.463 e. The van der Waals surface area contributed by atoms with Gasteiger partial charge in [-0.2, -0.15) is 0 Å². The second-order valence-electron chi connectivity index (χ2n) is 4.11. The van der Waals surface area contributed by atoms with Crippen molar-refractivity contribution in [2.75, 3.05) is 33.4 Å². The molecule has 106 valence electrons. The van der Waals surface area contributed by atoms with Gasteiger partial charge in [0.2, 0.25) is 0 Å². The standard InChI is InChI=1S/C14H27NO3/c1-5-13(6-2)15(11-12-17-4)10-8-9-14(16)18-7-3/h8-9,13H,5-7,10-12H2,1-4H3/b9-8+. The van der Waals surface area contributed by atoms with Gasteiger partial charge in [0.05, 0.1) is 13.2 Å². The van der Waals surface area contributed by atoms with E-state index in [1.807, 2.05) is 6.08 Å². The Morgan fingerprint density at radius 3 is 2.44 bits per heavy atom. The molecule has 0 aliphatic rings. The zero-order valence-electron chi connectivity index (χ0n) is 12.1. The highest BCUT2D eigenvalue weighted by Crippen LogP contribution is 2.08. The average Bonchev–Trinajstić information content (AvgIpc) is 2.36. The molecular weight excluding hydrogens is 230 g/mol. The van der Waals surface area contributed by atoms with Crippen LogP contribution in [0, 0.1) is 0 Å². The van der Waals surface area contributed by atoms with Crippen molar-refractivity contribution in [2.24, 2.45) is 0 Å². The molecule has 0 aromatic rings. The van der Waals surface area contributed by atoms with Crippen molar-refractivity contribution in [3.05, 3.63) is 12.2 Å². The summed E-state index contributed by atoms with van der Waals surface area (Å²) >= 11 is 0. The van der Waals surface area contributed by atoms with E-state index in [-0.39, 0.29) is 5.97 Å². The molecule has 0 heterocycles. The molecule has 4 nitrogen and oxygen atoms in total. The summed E-state index contributed by atoms with van der Waals surface area (Å²) in [6.07, 6.45) is 5.58. The third kappa shape index (κ3) is 7.45. The number of carbonyl (C=O) groups excluding carboxylic acids is 1. The molecule has 0 aromatic carbocycles. The van der Waals surface area contributed by atoms with E-state index in [0.29, 0.717) is 19.3 Å². The van der Waals surface area contributed by atoms with Gasteiger partial charge in [0.1, 0.15) is 0 Å². The molecule has 0 bridgehead atoms. The molecule has 0 aliphatic heterocycles.